The van der Waals surface area contributed by atoms with E-state index in [0.717, 1.165) is 17.7 Å². The number of likely N-dealkylation sites (tertiary alicyclic amines) is 1. The van der Waals surface area contributed by atoms with Crippen LogP contribution in [0.4, 0.5) is 4.79 Å². The van der Waals surface area contributed by atoms with E-state index in [4.69, 9.17) is 4.42 Å². The van der Waals surface area contributed by atoms with Crippen molar-refractivity contribution in [1.29, 1.82) is 0 Å². The van der Waals surface area contributed by atoms with Crippen LogP contribution >= 0.6 is 0 Å². The van der Waals surface area contributed by atoms with Gasteiger partial charge in [-0.25, -0.2) is 4.79 Å². The molecule has 0 aliphatic carbocycles. The molecule has 2 fully saturated rings. The molecule has 4 rings (SSSR count). The number of hydrogen-bond acceptors (Lipinski definition) is 5. The highest BCUT2D eigenvalue weighted by Crippen LogP contribution is 2.29. The van der Waals surface area contributed by atoms with Crippen LogP contribution in [0.2, 0.25) is 0 Å². The predicted octanol–water partition coefficient (Wildman–Crippen LogP) is 1.49. The van der Waals surface area contributed by atoms with E-state index in [1.165, 1.54) is 25.5 Å². The summed E-state index contributed by atoms with van der Waals surface area (Å²) in [6.45, 7) is 2.51. The number of carbonyl (C=O) groups is 4. The molecule has 2 saturated heterocycles. The molecule has 0 spiro atoms. The third-order valence-corrected chi connectivity index (χ3v) is 5.22. The monoisotopic (exact) mass is 384 g/mol. The van der Waals surface area contributed by atoms with Crippen LogP contribution in [0.3, 0.4) is 0 Å². The molecule has 0 aromatic carbocycles. The number of aromatic amines is 1. The number of ketones is 1. The number of hydrogen-bond donors (Lipinski definition) is 2. The highest BCUT2D eigenvalue weighted by atomic mass is 16.3. The molecular weight excluding hydrogens is 364 g/mol. The van der Waals surface area contributed by atoms with Gasteiger partial charge < -0.3 is 19.6 Å². The SMILES string of the molecule is C[C@@]1(c2ccco2)NC(=O)N(CC(=O)c2c[nH]c(C(=O)N3CCCC3)c2)C1=O. The molecule has 1 atom stereocenters. The Labute approximate surface area is 160 Å². The number of carbonyl (C=O) groups excluding carboxylic acids is 4. The molecule has 2 aromatic rings. The average molecular weight is 384 g/mol. The molecule has 146 valence electrons. The predicted molar refractivity (Wildman–Crippen MR) is 96.6 cm³/mol. The zero-order chi connectivity index (χ0) is 19.9. The Morgan fingerprint density at radius 3 is 2.68 bits per heavy atom. The Kier molecular flexibility index (Phi) is 4.29. The summed E-state index contributed by atoms with van der Waals surface area (Å²) in [6, 6.07) is 4.01. The summed E-state index contributed by atoms with van der Waals surface area (Å²) in [5.74, 6) is -0.869. The number of rotatable bonds is 5. The number of amides is 4. The van der Waals surface area contributed by atoms with Crippen molar-refractivity contribution in [2.75, 3.05) is 19.6 Å². The Morgan fingerprint density at radius 2 is 2.00 bits per heavy atom. The van der Waals surface area contributed by atoms with Crippen molar-refractivity contribution in [3.05, 3.63) is 47.7 Å². The van der Waals surface area contributed by atoms with Crippen LogP contribution in [0.1, 0.15) is 46.4 Å². The van der Waals surface area contributed by atoms with Crippen molar-refractivity contribution in [3.8, 4) is 0 Å². The fourth-order valence-electron chi connectivity index (χ4n) is 3.57. The molecule has 9 nitrogen and oxygen atoms in total. The molecule has 2 aliphatic rings. The van der Waals surface area contributed by atoms with Gasteiger partial charge in [-0.05, 0) is 38.0 Å². The summed E-state index contributed by atoms with van der Waals surface area (Å²) in [5.41, 5.74) is -0.784. The Morgan fingerprint density at radius 1 is 1.25 bits per heavy atom. The lowest BCUT2D eigenvalue weighted by atomic mass is 9.99. The van der Waals surface area contributed by atoms with Crippen LogP contribution < -0.4 is 5.32 Å². The number of imide groups is 1. The third-order valence-electron chi connectivity index (χ3n) is 5.22. The highest BCUT2D eigenvalue weighted by molar-refractivity contribution is 6.11. The number of furan rings is 1. The van der Waals surface area contributed by atoms with Gasteiger partial charge >= 0.3 is 6.03 Å². The molecule has 2 aliphatic heterocycles. The van der Waals surface area contributed by atoms with E-state index in [1.807, 2.05) is 0 Å². The minimum atomic E-state index is -1.35. The first-order valence-electron chi connectivity index (χ1n) is 9.09. The molecule has 2 aromatic heterocycles. The van der Waals surface area contributed by atoms with E-state index in [1.54, 1.807) is 17.0 Å². The second-order valence-corrected chi connectivity index (χ2v) is 7.15. The second kappa shape index (κ2) is 6.66. The molecule has 0 radical (unpaired) electrons. The normalized spacial score (nSPS) is 22.0. The molecule has 0 saturated carbocycles. The maximum absolute atomic E-state index is 12.8. The number of urea groups is 1. The van der Waals surface area contributed by atoms with E-state index >= 15 is 0 Å². The van der Waals surface area contributed by atoms with Crippen LogP contribution in [0.15, 0.2) is 35.1 Å². The van der Waals surface area contributed by atoms with Crippen LogP contribution in [0.5, 0.6) is 0 Å². The molecule has 28 heavy (non-hydrogen) atoms. The maximum atomic E-state index is 12.8. The van der Waals surface area contributed by atoms with Gasteiger partial charge in [-0.2, -0.15) is 0 Å². The summed E-state index contributed by atoms with van der Waals surface area (Å²) >= 11 is 0. The summed E-state index contributed by atoms with van der Waals surface area (Å²) in [5, 5.41) is 2.57. The van der Waals surface area contributed by atoms with Crippen molar-refractivity contribution in [1.82, 2.24) is 20.1 Å². The largest absolute Gasteiger partial charge is 0.466 e. The topological polar surface area (TPSA) is 116 Å². The Hall–Kier alpha value is -3.36. The van der Waals surface area contributed by atoms with Gasteiger partial charge in [-0.15, -0.1) is 0 Å². The number of nitrogens with one attached hydrogen (secondary N) is 2. The summed E-state index contributed by atoms with van der Waals surface area (Å²) in [7, 11) is 0. The molecule has 0 bridgehead atoms. The van der Waals surface area contributed by atoms with Crippen LogP contribution in [0, 0.1) is 0 Å². The first-order valence-corrected chi connectivity index (χ1v) is 9.09. The molecule has 9 heteroatoms. The second-order valence-electron chi connectivity index (χ2n) is 7.15. The zero-order valence-electron chi connectivity index (χ0n) is 15.4. The van der Waals surface area contributed by atoms with E-state index in [-0.39, 0.29) is 11.5 Å². The standard InChI is InChI=1S/C19H20N4O5/c1-19(15-5-4-8-28-15)17(26)23(18(27)21-19)11-14(24)12-9-13(20-10-12)16(25)22-6-2-3-7-22/h4-5,8-10,20H,2-3,6-7,11H2,1H3,(H,21,27)/t19-/m0/s1. The number of Topliss-reactive ketones (excluding diaryl/α,β-unsaturated/α-hetero) is 1. The van der Waals surface area contributed by atoms with Gasteiger partial charge in [0.1, 0.15) is 11.5 Å². The van der Waals surface area contributed by atoms with Crippen molar-refractivity contribution >= 4 is 23.6 Å². The first-order chi connectivity index (χ1) is 13.4. The fourth-order valence-corrected chi connectivity index (χ4v) is 3.57. The lowest BCUT2D eigenvalue weighted by molar-refractivity contribution is -0.131. The number of H-pyrrole nitrogens is 1. The summed E-state index contributed by atoms with van der Waals surface area (Å²) < 4.78 is 5.26. The van der Waals surface area contributed by atoms with E-state index in [2.05, 4.69) is 10.3 Å². The number of nitrogens with zero attached hydrogens (tertiary/aromatic N) is 2. The Balaban J connectivity index is 1.47. The van der Waals surface area contributed by atoms with Crippen molar-refractivity contribution < 1.29 is 23.6 Å². The molecule has 0 unspecified atom stereocenters. The number of aromatic nitrogens is 1. The van der Waals surface area contributed by atoms with Crippen LogP contribution in [0.25, 0.3) is 0 Å². The summed E-state index contributed by atoms with van der Waals surface area (Å²) in [6.07, 6.45) is 4.78. The quantitative estimate of drug-likeness (QED) is 0.599. The average Bonchev–Trinajstić information content (AvgIpc) is 3.46. The third kappa shape index (κ3) is 2.88. The van der Waals surface area contributed by atoms with Crippen LogP contribution in [-0.2, 0) is 10.3 Å². The van der Waals surface area contributed by atoms with Gasteiger partial charge in [0, 0.05) is 24.8 Å². The lowest BCUT2D eigenvalue weighted by Gasteiger charge is -2.18. The van der Waals surface area contributed by atoms with Crippen molar-refractivity contribution in [3.63, 3.8) is 0 Å². The Bertz CT molecular complexity index is 941. The van der Waals surface area contributed by atoms with Gasteiger partial charge in [0.15, 0.2) is 11.3 Å². The van der Waals surface area contributed by atoms with Gasteiger partial charge in [0.25, 0.3) is 11.8 Å². The smallest absolute Gasteiger partial charge is 0.325 e. The van der Waals surface area contributed by atoms with Crippen LogP contribution in [-0.4, -0.2) is 58.0 Å². The van der Waals surface area contributed by atoms with Gasteiger partial charge in [-0.3, -0.25) is 19.3 Å². The van der Waals surface area contributed by atoms with E-state index in [9.17, 15) is 19.2 Å². The minimum Gasteiger partial charge on any atom is -0.466 e. The fraction of sp³-hybridized carbons (Fsp3) is 0.368. The highest BCUT2D eigenvalue weighted by Gasteiger charge is 2.51. The summed E-state index contributed by atoms with van der Waals surface area (Å²) in [4.78, 5) is 55.4. The van der Waals surface area contributed by atoms with E-state index in [0.29, 0.717) is 24.5 Å². The zero-order valence-corrected chi connectivity index (χ0v) is 15.4. The van der Waals surface area contributed by atoms with Gasteiger partial charge in [-0.1, -0.05) is 0 Å². The molecule has 4 amide bonds. The molecular formula is C19H20N4O5. The first kappa shape index (κ1) is 18.0. The van der Waals surface area contributed by atoms with Crippen molar-refractivity contribution in [2.24, 2.45) is 0 Å². The van der Waals surface area contributed by atoms with Crippen molar-refractivity contribution in [2.45, 2.75) is 25.3 Å². The van der Waals surface area contributed by atoms with Gasteiger partial charge in [0.2, 0.25) is 0 Å². The lowest BCUT2D eigenvalue weighted by Crippen LogP contribution is -2.41. The van der Waals surface area contributed by atoms with E-state index < -0.39 is 29.8 Å². The maximum Gasteiger partial charge on any atom is 0.325 e. The minimum absolute atomic E-state index is 0.156. The molecule has 4 heterocycles. The molecule has 2 N–H and O–H groups in total. The van der Waals surface area contributed by atoms with Gasteiger partial charge in [0.05, 0.1) is 12.8 Å².